The highest BCUT2D eigenvalue weighted by Crippen LogP contribution is 2.45. The van der Waals surface area contributed by atoms with Crippen molar-refractivity contribution in [2.45, 2.75) is 24.4 Å². The Labute approximate surface area is 157 Å². The highest BCUT2D eigenvalue weighted by Gasteiger charge is 2.60. The Balaban J connectivity index is 1.71. The van der Waals surface area contributed by atoms with Crippen molar-refractivity contribution in [3.05, 3.63) is 53.1 Å². The molecule has 1 saturated heterocycles. The van der Waals surface area contributed by atoms with E-state index in [0.29, 0.717) is 4.57 Å². The third-order valence-corrected chi connectivity index (χ3v) is 4.85. The molecular formula is C15H17F2N4O6P. The normalized spacial score (nSPS) is 25.9. The first-order chi connectivity index (χ1) is 13.1. The molecule has 1 aliphatic heterocycles. The standard InChI is InChI=1S/C15H17F2N4O6P/c16-15(17)12(22)10(26-13(15)21-7-6-11(18)20-14(21)23)8-25-28(19,24)27-9-4-2-1-3-5-9/h1-7,10,12-13,22H,8H2,(H2,19,24)(H2,18,20,23)/t10-,12-,13-,28?/m1/s1. The number of alkyl halides is 2. The van der Waals surface area contributed by atoms with Gasteiger partial charge in [-0.05, 0) is 18.2 Å². The van der Waals surface area contributed by atoms with E-state index in [9.17, 15) is 23.2 Å². The number of benzene rings is 1. The van der Waals surface area contributed by atoms with Gasteiger partial charge in [0, 0.05) is 6.20 Å². The van der Waals surface area contributed by atoms with E-state index in [1.54, 1.807) is 18.2 Å². The number of ether oxygens (including phenoxy) is 1. The summed E-state index contributed by atoms with van der Waals surface area (Å²) in [5.74, 6) is -3.89. The number of hydrogen-bond donors (Lipinski definition) is 3. The molecule has 5 N–H and O–H groups in total. The molecule has 3 rings (SSSR count). The SMILES string of the molecule is Nc1ccn([C@@H]2O[C@H](COP(N)(=O)Oc3ccccc3)[C@@H](O)C2(F)F)c(=O)n1. The lowest BCUT2D eigenvalue weighted by Gasteiger charge is -2.20. The van der Waals surface area contributed by atoms with Gasteiger partial charge in [0.15, 0.2) is 6.10 Å². The molecule has 0 aliphatic carbocycles. The molecule has 2 heterocycles. The summed E-state index contributed by atoms with van der Waals surface area (Å²) in [6.45, 7) is -0.773. The fourth-order valence-corrected chi connectivity index (χ4v) is 3.37. The number of nitrogens with two attached hydrogens (primary N) is 2. The van der Waals surface area contributed by atoms with Gasteiger partial charge in [-0.15, -0.1) is 0 Å². The number of aliphatic hydroxyl groups is 1. The van der Waals surface area contributed by atoms with Gasteiger partial charge in [0.1, 0.15) is 17.7 Å². The maximum atomic E-state index is 14.4. The van der Waals surface area contributed by atoms with E-state index < -0.39 is 44.4 Å². The van der Waals surface area contributed by atoms with Crippen LogP contribution in [0.15, 0.2) is 47.4 Å². The predicted molar refractivity (Wildman–Crippen MR) is 92.6 cm³/mol. The number of rotatable bonds is 6. The summed E-state index contributed by atoms with van der Waals surface area (Å²) in [5, 5.41) is 9.89. The summed E-state index contributed by atoms with van der Waals surface area (Å²) in [5.41, 5.74) is 9.67. The van der Waals surface area contributed by atoms with Crippen LogP contribution < -0.4 is 21.5 Å². The van der Waals surface area contributed by atoms with Gasteiger partial charge >= 0.3 is 19.4 Å². The van der Waals surface area contributed by atoms with E-state index in [-0.39, 0.29) is 11.6 Å². The second-order valence-corrected chi connectivity index (χ2v) is 7.45. The molecular weight excluding hydrogens is 401 g/mol. The van der Waals surface area contributed by atoms with Gasteiger partial charge in [-0.25, -0.2) is 14.9 Å². The number of nitrogens with zero attached hydrogens (tertiary/aromatic N) is 2. The van der Waals surface area contributed by atoms with Crippen LogP contribution in [-0.2, 0) is 13.8 Å². The van der Waals surface area contributed by atoms with Gasteiger partial charge in [0.2, 0.25) is 6.23 Å². The van der Waals surface area contributed by atoms with Gasteiger partial charge < -0.3 is 20.1 Å². The monoisotopic (exact) mass is 418 g/mol. The van der Waals surface area contributed by atoms with Crippen LogP contribution in [0.25, 0.3) is 0 Å². The maximum Gasteiger partial charge on any atom is 0.456 e. The molecule has 0 saturated carbocycles. The zero-order chi connectivity index (χ0) is 20.5. The van der Waals surface area contributed by atoms with Crippen molar-refractivity contribution in [2.75, 3.05) is 12.3 Å². The van der Waals surface area contributed by atoms with E-state index in [4.69, 9.17) is 25.0 Å². The van der Waals surface area contributed by atoms with E-state index in [2.05, 4.69) is 4.98 Å². The van der Waals surface area contributed by atoms with Gasteiger partial charge in [-0.2, -0.15) is 13.8 Å². The van der Waals surface area contributed by atoms with E-state index >= 15 is 0 Å². The summed E-state index contributed by atoms with van der Waals surface area (Å²) in [6.07, 6.45) is -5.20. The Kier molecular flexibility index (Phi) is 5.50. The highest BCUT2D eigenvalue weighted by molar-refractivity contribution is 7.51. The van der Waals surface area contributed by atoms with Crippen molar-refractivity contribution in [2.24, 2.45) is 5.50 Å². The Morgan fingerprint density at radius 2 is 2.00 bits per heavy atom. The van der Waals surface area contributed by atoms with Crippen LogP contribution in [0.5, 0.6) is 5.75 Å². The smallest absolute Gasteiger partial charge is 0.413 e. The highest BCUT2D eigenvalue weighted by atomic mass is 31.2. The number of aliphatic hydroxyl groups excluding tert-OH is 1. The molecule has 10 nitrogen and oxygen atoms in total. The number of aromatic nitrogens is 2. The average Bonchev–Trinajstić information content (AvgIpc) is 2.84. The molecule has 152 valence electrons. The van der Waals surface area contributed by atoms with Crippen molar-refractivity contribution in [3.63, 3.8) is 0 Å². The fourth-order valence-electron chi connectivity index (χ4n) is 2.54. The number of hydrogen-bond acceptors (Lipinski definition) is 8. The molecule has 1 aromatic carbocycles. The lowest BCUT2D eigenvalue weighted by Crippen LogP contribution is -2.42. The minimum Gasteiger partial charge on any atom is -0.413 e. The molecule has 2 aromatic rings. The molecule has 13 heteroatoms. The van der Waals surface area contributed by atoms with Crippen LogP contribution in [0.1, 0.15) is 6.23 Å². The Morgan fingerprint density at radius 1 is 1.32 bits per heavy atom. The molecule has 4 atom stereocenters. The van der Waals surface area contributed by atoms with Crippen LogP contribution in [0.2, 0.25) is 0 Å². The molecule has 1 aliphatic rings. The zero-order valence-corrected chi connectivity index (χ0v) is 15.1. The first-order valence-electron chi connectivity index (χ1n) is 7.94. The Morgan fingerprint density at radius 3 is 2.64 bits per heavy atom. The summed E-state index contributed by atoms with van der Waals surface area (Å²) in [4.78, 5) is 15.1. The molecule has 1 unspecified atom stereocenters. The number of nitrogen functional groups attached to an aromatic ring is 1. The Bertz CT molecular complexity index is 944. The summed E-state index contributed by atoms with van der Waals surface area (Å²) < 4.78 is 56.4. The van der Waals surface area contributed by atoms with Crippen LogP contribution in [0, 0.1) is 0 Å². The Hall–Kier alpha value is -2.37. The van der Waals surface area contributed by atoms with Crippen molar-refractivity contribution in [1.29, 1.82) is 0 Å². The lowest BCUT2D eigenvalue weighted by molar-refractivity contribution is -0.140. The quantitative estimate of drug-likeness (QED) is 0.581. The summed E-state index contributed by atoms with van der Waals surface area (Å²) in [7, 11) is -4.18. The van der Waals surface area contributed by atoms with Crippen LogP contribution in [0.3, 0.4) is 0 Å². The van der Waals surface area contributed by atoms with Crippen molar-refractivity contribution < 1.29 is 32.2 Å². The van der Waals surface area contributed by atoms with Gasteiger partial charge in [-0.3, -0.25) is 9.09 Å². The third-order valence-electron chi connectivity index (χ3n) is 3.88. The van der Waals surface area contributed by atoms with E-state index in [1.807, 2.05) is 0 Å². The fraction of sp³-hybridized carbons (Fsp3) is 0.333. The maximum absolute atomic E-state index is 14.4. The van der Waals surface area contributed by atoms with Crippen LogP contribution in [0.4, 0.5) is 14.6 Å². The molecule has 1 fully saturated rings. The molecule has 1 aromatic heterocycles. The van der Waals surface area contributed by atoms with Crippen molar-refractivity contribution >= 4 is 13.6 Å². The van der Waals surface area contributed by atoms with Crippen LogP contribution in [-0.4, -0.2) is 39.4 Å². The number of para-hydroxylation sites is 1. The first kappa shape index (κ1) is 20.4. The lowest BCUT2D eigenvalue weighted by atomic mass is 10.1. The van der Waals surface area contributed by atoms with E-state index in [0.717, 1.165) is 12.3 Å². The van der Waals surface area contributed by atoms with Gasteiger partial charge in [0.05, 0.1) is 6.61 Å². The molecule has 0 amide bonds. The van der Waals surface area contributed by atoms with Crippen molar-refractivity contribution in [3.8, 4) is 5.75 Å². The minimum atomic E-state index is -4.18. The van der Waals surface area contributed by atoms with Gasteiger partial charge in [0.25, 0.3) is 0 Å². The molecule has 0 bridgehead atoms. The number of halogens is 2. The second kappa shape index (κ2) is 7.57. The largest absolute Gasteiger partial charge is 0.456 e. The number of anilines is 1. The predicted octanol–water partition coefficient (Wildman–Crippen LogP) is 0.882. The van der Waals surface area contributed by atoms with Crippen molar-refractivity contribution in [1.82, 2.24) is 9.55 Å². The molecule has 0 radical (unpaired) electrons. The summed E-state index contributed by atoms with van der Waals surface area (Å²) in [6, 6.07) is 8.95. The average molecular weight is 418 g/mol. The summed E-state index contributed by atoms with van der Waals surface area (Å²) >= 11 is 0. The molecule has 28 heavy (non-hydrogen) atoms. The first-order valence-corrected chi connectivity index (χ1v) is 9.55. The topological polar surface area (TPSA) is 152 Å². The third kappa shape index (κ3) is 4.21. The van der Waals surface area contributed by atoms with Crippen LogP contribution >= 0.6 is 7.75 Å². The minimum absolute atomic E-state index is 0.143. The zero-order valence-electron chi connectivity index (χ0n) is 14.2. The van der Waals surface area contributed by atoms with E-state index in [1.165, 1.54) is 12.1 Å². The van der Waals surface area contributed by atoms with Gasteiger partial charge in [-0.1, -0.05) is 18.2 Å². The second-order valence-electron chi connectivity index (χ2n) is 5.93. The molecule has 0 spiro atoms.